The van der Waals surface area contributed by atoms with Crippen molar-refractivity contribution in [1.82, 2.24) is 9.88 Å². The summed E-state index contributed by atoms with van der Waals surface area (Å²) in [4.78, 5) is 31.5. The first-order chi connectivity index (χ1) is 13.7. The molecule has 1 aliphatic heterocycles. The molecule has 1 fully saturated rings. The van der Waals surface area contributed by atoms with Crippen molar-refractivity contribution in [3.8, 4) is 0 Å². The summed E-state index contributed by atoms with van der Waals surface area (Å²) in [7, 11) is 1.33. The molecular weight excluding hydrogens is 374 g/mol. The van der Waals surface area contributed by atoms with Gasteiger partial charge in [0.25, 0.3) is 0 Å². The van der Waals surface area contributed by atoms with Gasteiger partial charge in [-0.1, -0.05) is 24.3 Å². The molecule has 0 aliphatic carbocycles. The number of methoxy groups -OCH3 is 1. The molecule has 2 heterocycles. The van der Waals surface area contributed by atoms with E-state index in [-0.39, 0.29) is 18.5 Å². The number of hydrogen-bond donors (Lipinski definition) is 1. The summed E-state index contributed by atoms with van der Waals surface area (Å²) in [5.41, 5.74) is 1.82. The van der Waals surface area contributed by atoms with Gasteiger partial charge in [-0.05, 0) is 43.7 Å². The van der Waals surface area contributed by atoms with Gasteiger partial charge in [-0.25, -0.2) is 9.78 Å². The minimum atomic E-state index is -0.468. The van der Waals surface area contributed by atoms with Gasteiger partial charge in [0.15, 0.2) is 0 Å². The molecule has 7 heteroatoms. The fraction of sp³-hybridized carbons (Fsp3) is 0.286. The molecule has 0 spiro atoms. The van der Waals surface area contributed by atoms with Crippen molar-refractivity contribution in [2.45, 2.75) is 18.9 Å². The van der Waals surface area contributed by atoms with Gasteiger partial charge in [-0.3, -0.25) is 9.69 Å². The fourth-order valence-corrected chi connectivity index (χ4v) is 4.72. The van der Waals surface area contributed by atoms with E-state index in [0.29, 0.717) is 11.3 Å². The molecule has 2 aromatic carbocycles. The predicted octanol–water partition coefficient (Wildman–Crippen LogP) is 3.86. The molecule has 1 atom stereocenters. The number of fused-ring (bicyclic) bond motifs is 1. The summed E-state index contributed by atoms with van der Waals surface area (Å²) in [5.74, 6) is -0.617. The highest BCUT2D eigenvalue weighted by molar-refractivity contribution is 7.18. The van der Waals surface area contributed by atoms with Gasteiger partial charge in [-0.2, -0.15) is 0 Å². The van der Waals surface area contributed by atoms with E-state index in [1.165, 1.54) is 11.8 Å². The Kier molecular flexibility index (Phi) is 5.36. The van der Waals surface area contributed by atoms with Crippen LogP contribution >= 0.6 is 11.3 Å². The number of para-hydroxylation sites is 2. The second kappa shape index (κ2) is 8.08. The Labute approximate surface area is 167 Å². The predicted molar refractivity (Wildman–Crippen MR) is 110 cm³/mol. The maximum Gasteiger partial charge on any atom is 0.339 e. The van der Waals surface area contributed by atoms with E-state index in [1.54, 1.807) is 35.6 Å². The van der Waals surface area contributed by atoms with Crippen molar-refractivity contribution < 1.29 is 14.3 Å². The minimum absolute atomic E-state index is 0.149. The molecule has 144 valence electrons. The van der Waals surface area contributed by atoms with Crippen molar-refractivity contribution in [3.63, 3.8) is 0 Å². The molecular formula is C21H21N3O3S. The SMILES string of the molecule is COC(=O)c1ccccc1NC(=O)CN1CCC[C@@H]1c1nc2ccccc2s1. The van der Waals surface area contributed by atoms with E-state index in [1.807, 2.05) is 18.2 Å². The number of nitrogens with one attached hydrogen (secondary N) is 1. The third-order valence-electron chi connectivity index (χ3n) is 4.91. The van der Waals surface area contributed by atoms with Crippen LogP contribution in [-0.2, 0) is 9.53 Å². The van der Waals surface area contributed by atoms with E-state index in [4.69, 9.17) is 9.72 Å². The Balaban J connectivity index is 1.47. The molecule has 1 saturated heterocycles. The molecule has 3 aromatic rings. The van der Waals surface area contributed by atoms with Crippen molar-refractivity contribution in [1.29, 1.82) is 0 Å². The lowest BCUT2D eigenvalue weighted by atomic mass is 10.2. The lowest BCUT2D eigenvalue weighted by Crippen LogP contribution is -2.33. The van der Waals surface area contributed by atoms with Crippen LogP contribution in [0.4, 0.5) is 5.69 Å². The van der Waals surface area contributed by atoms with Crippen LogP contribution in [0.5, 0.6) is 0 Å². The van der Waals surface area contributed by atoms with Gasteiger partial charge in [0.2, 0.25) is 5.91 Å². The second-order valence-corrected chi connectivity index (χ2v) is 7.80. The first-order valence-electron chi connectivity index (χ1n) is 9.22. The quantitative estimate of drug-likeness (QED) is 0.664. The van der Waals surface area contributed by atoms with Crippen molar-refractivity contribution in [2.24, 2.45) is 0 Å². The number of esters is 1. The summed E-state index contributed by atoms with van der Waals surface area (Å²) in [6, 6.07) is 15.1. The number of thiazole rings is 1. The monoisotopic (exact) mass is 395 g/mol. The molecule has 1 amide bonds. The van der Waals surface area contributed by atoms with E-state index < -0.39 is 5.97 Å². The highest BCUT2D eigenvalue weighted by Crippen LogP contribution is 2.36. The summed E-state index contributed by atoms with van der Waals surface area (Å²) >= 11 is 1.69. The number of amides is 1. The molecule has 0 unspecified atom stereocenters. The largest absolute Gasteiger partial charge is 0.465 e. The van der Waals surface area contributed by atoms with Crippen LogP contribution in [0.25, 0.3) is 10.2 Å². The Morgan fingerprint density at radius 1 is 1.21 bits per heavy atom. The zero-order valence-electron chi connectivity index (χ0n) is 15.6. The van der Waals surface area contributed by atoms with Crippen LogP contribution in [0.2, 0.25) is 0 Å². The lowest BCUT2D eigenvalue weighted by Gasteiger charge is -2.22. The Morgan fingerprint density at radius 2 is 2.00 bits per heavy atom. The van der Waals surface area contributed by atoms with Gasteiger partial charge >= 0.3 is 5.97 Å². The molecule has 4 rings (SSSR count). The Bertz CT molecular complexity index is 984. The molecule has 28 heavy (non-hydrogen) atoms. The topological polar surface area (TPSA) is 71.5 Å². The van der Waals surface area contributed by atoms with Gasteiger partial charge in [-0.15, -0.1) is 11.3 Å². The molecule has 0 radical (unpaired) electrons. The third kappa shape index (κ3) is 3.76. The van der Waals surface area contributed by atoms with Crippen molar-refractivity contribution >= 4 is 39.1 Å². The van der Waals surface area contributed by atoms with Gasteiger partial charge < -0.3 is 10.1 Å². The first kappa shape index (κ1) is 18.6. The van der Waals surface area contributed by atoms with E-state index >= 15 is 0 Å². The van der Waals surface area contributed by atoms with Crippen molar-refractivity contribution in [3.05, 3.63) is 59.1 Å². The number of anilines is 1. The molecule has 0 bridgehead atoms. The summed E-state index contributed by atoms with van der Waals surface area (Å²) in [6.07, 6.45) is 2.03. The number of benzene rings is 2. The van der Waals surface area contributed by atoms with Crippen LogP contribution in [0.15, 0.2) is 48.5 Å². The third-order valence-corrected chi connectivity index (χ3v) is 6.05. The average Bonchev–Trinajstić information content (AvgIpc) is 3.34. The zero-order valence-corrected chi connectivity index (χ0v) is 16.4. The Morgan fingerprint density at radius 3 is 2.82 bits per heavy atom. The fourth-order valence-electron chi connectivity index (χ4n) is 3.58. The molecule has 1 N–H and O–H groups in total. The molecule has 0 saturated carbocycles. The summed E-state index contributed by atoms with van der Waals surface area (Å²) < 4.78 is 5.96. The number of aromatic nitrogens is 1. The van der Waals surface area contributed by atoms with Crippen LogP contribution in [0, 0.1) is 0 Å². The lowest BCUT2D eigenvalue weighted by molar-refractivity contribution is -0.117. The van der Waals surface area contributed by atoms with E-state index in [9.17, 15) is 9.59 Å². The number of rotatable bonds is 5. The van der Waals surface area contributed by atoms with Gasteiger partial charge in [0.05, 0.1) is 41.2 Å². The number of hydrogen-bond acceptors (Lipinski definition) is 6. The number of likely N-dealkylation sites (tertiary alicyclic amines) is 1. The molecule has 1 aromatic heterocycles. The smallest absolute Gasteiger partial charge is 0.339 e. The number of carbonyl (C=O) groups is 2. The van der Waals surface area contributed by atoms with Crippen LogP contribution in [0.3, 0.4) is 0 Å². The number of carbonyl (C=O) groups excluding carboxylic acids is 2. The highest BCUT2D eigenvalue weighted by atomic mass is 32.1. The minimum Gasteiger partial charge on any atom is -0.465 e. The van der Waals surface area contributed by atoms with Crippen LogP contribution < -0.4 is 5.32 Å². The summed E-state index contributed by atoms with van der Waals surface area (Å²) in [6.45, 7) is 1.11. The van der Waals surface area contributed by atoms with Crippen LogP contribution in [-0.4, -0.2) is 42.0 Å². The number of nitrogens with zero attached hydrogens (tertiary/aromatic N) is 2. The standard InChI is InChI=1S/C21H21N3O3S/c1-27-21(26)14-7-2-3-8-15(14)22-19(25)13-24-12-6-10-17(24)20-23-16-9-4-5-11-18(16)28-20/h2-5,7-9,11,17H,6,10,12-13H2,1H3,(H,22,25)/t17-/m1/s1. The zero-order chi connectivity index (χ0) is 19.5. The average molecular weight is 395 g/mol. The van der Waals surface area contributed by atoms with E-state index in [0.717, 1.165) is 29.9 Å². The maximum absolute atomic E-state index is 12.7. The van der Waals surface area contributed by atoms with Gasteiger partial charge in [0, 0.05) is 0 Å². The highest BCUT2D eigenvalue weighted by Gasteiger charge is 2.30. The van der Waals surface area contributed by atoms with E-state index in [2.05, 4.69) is 16.3 Å². The molecule has 6 nitrogen and oxygen atoms in total. The Hall–Kier alpha value is -2.77. The second-order valence-electron chi connectivity index (χ2n) is 6.73. The number of ether oxygens (including phenoxy) is 1. The van der Waals surface area contributed by atoms with Gasteiger partial charge in [0.1, 0.15) is 5.01 Å². The summed E-state index contributed by atoms with van der Waals surface area (Å²) in [5, 5.41) is 3.91. The van der Waals surface area contributed by atoms with Crippen molar-refractivity contribution in [2.75, 3.05) is 25.5 Å². The maximum atomic E-state index is 12.7. The van der Waals surface area contributed by atoms with Crippen LogP contribution in [0.1, 0.15) is 34.2 Å². The molecule has 1 aliphatic rings. The normalized spacial score (nSPS) is 17.0. The first-order valence-corrected chi connectivity index (χ1v) is 10.0.